The molecule has 0 fully saturated rings. The van der Waals surface area contributed by atoms with Gasteiger partial charge >= 0.3 is 0 Å². The van der Waals surface area contributed by atoms with Gasteiger partial charge in [0.25, 0.3) is 5.91 Å². The Balaban J connectivity index is 1.60. The maximum Gasteiger partial charge on any atom is 0.255 e. The molecule has 0 saturated carbocycles. The van der Waals surface area contributed by atoms with Crippen molar-refractivity contribution in [2.24, 2.45) is 0 Å². The van der Waals surface area contributed by atoms with Crippen molar-refractivity contribution in [2.75, 3.05) is 6.29 Å². The Kier molecular flexibility index (Phi) is 7.48. The summed E-state index contributed by atoms with van der Waals surface area (Å²) in [6.45, 7) is 0.229. The Morgan fingerprint density at radius 3 is 1.71 bits per heavy atom. The number of carbonyl (C=O) groups is 2. The standard InChI is InChI=1S/C32H26NO4P/c34-31(30-21-12-22-37-30)28-19-10-11-20-29(28)32(35)33(23-25-13-4-1-5-14-25)24-38(36,26-15-6-2-7-16-26)27-17-8-3-9-18-27/h1-22H,23-24H2. The average molecular weight is 520 g/mol. The number of nitrogens with zero attached hydrogens (tertiary/aromatic N) is 1. The highest BCUT2D eigenvalue weighted by atomic mass is 31.2. The predicted molar refractivity (Wildman–Crippen MR) is 150 cm³/mol. The van der Waals surface area contributed by atoms with Crippen LogP contribution in [0.25, 0.3) is 0 Å². The number of carbonyl (C=O) groups excluding carboxylic acids is 2. The van der Waals surface area contributed by atoms with Gasteiger partial charge in [0.2, 0.25) is 5.78 Å². The van der Waals surface area contributed by atoms with E-state index in [0.29, 0.717) is 10.6 Å². The Morgan fingerprint density at radius 1 is 0.632 bits per heavy atom. The summed E-state index contributed by atoms with van der Waals surface area (Å²) in [5.41, 5.74) is 1.36. The van der Waals surface area contributed by atoms with E-state index in [0.717, 1.165) is 5.56 Å². The van der Waals surface area contributed by atoms with Gasteiger partial charge in [-0.25, -0.2) is 0 Å². The van der Waals surface area contributed by atoms with Crippen LogP contribution in [0.2, 0.25) is 0 Å². The number of hydrogen-bond acceptors (Lipinski definition) is 4. The normalized spacial score (nSPS) is 11.2. The van der Waals surface area contributed by atoms with Crippen LogP contribution in [-0.2, 0) is 11.1 Å². The quantitative estimate of drug-likeness (QED) is 0.174. The molecule has 188 valence electrons. The lowest BCUT2D eigenvalue weighted by Crippen LogP contribution is -2.36. The third kappa shape index (κ3) is 5.29. The molecule has 6 heteroatoms. The topological polar surface area (TPSA) is 67.6 Å². The highest BCUT2D eigenvalue weighted by Crippen LogP contribution is 2.44. The maximum atomic E-state index is 14.9. The molecular weight excluding hydrogens is 493 g/mol. The smallest absolute Gasteiger partial charge is 0.255 e. The molecule has 1 amide bonds. The van der Waals surface area contributed by atoms with E-state index in [2.05, 4.69) is 0 Å². The molecule has 5 rings (SSSR count). The van der Waals surface area contributed by atoms with Gasteiger partial charge in [-0.2, -0.15) is 0 Å². The van der Waals surface area contributed by atoms with Gasteiger partial charge in [-0.3, -0.25) is 9.59 Å². The van der Waals surface area contributed by atoms with Crippen LogP contribution >= 0.6 is 7.14 Å². The fourth-order valence-electron chi connectivity index (χ4n) is 4.46. The van der Waals surface area contributed by atoms with Crippen LogP contribution < -0.4 is 10.6 Å². The minimum atomic E-state index is -3.28. The fourth-order valence-corrected chi connectivity index (χ4v) is 7.10. The van der Waals surface area contributed by atoms with E-state index in [-0.39, 0.29) is 41.4 Å². The number of hydrogen-bond donors (Lipinski definition) is 0. The van der Waals surface area contributed by atoms with Crippen LogP contribution in [0.15, 0.2) is 138 Å². The summed E-state index contributed by atoms with van der Waals surface area (Å²) in [6, 6.07) is 38.0. The van der Waals surface area contributed by atoms with Crippen LogP contribution in [0.3, 0.4) is 0 Å². The molecule has 0 aliphatic rings. The molecular formula is C32H26NO4P. The molecule has 5 aromatic rings. The van der Waals surface area contributed by atoms with Gasteiger partial charge in [-0.05, 0) is 23.8 Å². The van der Waals surface area contributed by atoms with E-state index in [9.17, 15) is 14.2 Å². The third-order valence-electron chi connectivity index (χ3n) is 6.37. The second-order valence-electron chi connectivity index (χ2n) is 8.89. The van der Waals surface area contributed by atoms with Gasteiger partial charge in [0.05, 0.1) is 18.1 Å². The molecule has 0 saturated heterocycles. The summed E-state index contributed by atoms with van der Waals surface area (Å²) in [4.78, 5) is 29.0. The second-order valence-corrected chi connectivity index (χ2v) is 11.7. The SMILES string of the molecule is O=C(c1ccco1)c1ccccc1C(=O)N(Cc1ccccc1)CP(=O)(c1ccccc1)c1ccccc1. The molecule has 0 bridgehead atoms. The molecule has 4 aromatic carbocycles. The molecule has 1 aromatic heterocycles. The summed E-state index contributed by atoms with van der Waals surface area (Å²) in [5, 5.41) is 1.33. The summed E-state index contributed by atoms with van der Waals surface area (Å²) in [6.07, 6.45) is 1.40. The first kappa shape index (κ1) is 25.2. The third-order valence-corrected chi connectivity index (χ3v) is 9.37. The van der Waals surface area contributed by atoms with Gasteiger partial charge in [0.1, 0.15) is 0 Å². The van der Waals surface area contributed by atoms with Crippen molar-refractivity contribution in [2.45, 2.75) is 6.54 Å². The van der Waals surface area contributed by atoms with Crippen molar-refractivity contribution in [3.8, 4) is 0 Å². The molecule has 0 spiro atoms. The molecule has 5 nitrogen and oxygen atoms in total. The predicted octanol–water partition coefficient (Wildman–Crippen LogP) is 6.12. The van der Waals surface area contributed by atoms with E-state index in [1.165, 1.54) is 6.26 Å². The number of benzene rings is 4. The van der Waals surface area contributed by atoms with Crippen LogP contribution in [-0.4, -0.2) is 22.9 Å². The highest BCUT2D eigenvalue weighted by molar-refractivity contribution is 7.78. The van der Waals surface area contributed by atoms with Crippen LogP contribution in [0, 0.1) is 0 Å². The minimum absolute atomic E-state index is 0.0297. The Bertz CT molecular complexity index is 1520. The Morgan fingerprint density at radius 2 is 1.16 bits per heavy atom. The maximum absolute atomic E-state index is 14.9. The monoisotopic (exact) mass is 519 g/mol. The summed E-state index contributed by atoms with van der Waals surface area (Å²) < 4.78 is 20.2. The lowest BCUT2D eigenvalue weighted by Gasteiger charge is -2.29. The Labute approximate surface area is 221 Å². The number of amides is 1. The Hall–Kier alpha value is -4.47. The van der Waals surface area contributed by atoms with E-state index in [1.807, 2.05) is 91.0 Å². The lowest BCUT2D eigenvalue weighted by atomic mass is 10.0. The van der Waals surface area contributed by atoms with Crippen molar-refractivity contribution >= 4 is 29.4 Å². The first-order valence-electron chi connectivity index (χ1n) is 12.3. The fraction of sp³-hybridized carbons (Fsp3) is 0.0625. The first-order valence-corrected chi connectivity index (χ1v) is 14.2. The van der Waals surface area contributed by atoms with Crippen molar-refractivity contribution in [3.05, 3.63) is 156 Å². The molecule has 0 aliphatic heterocycles. The molecule has 0 unspecified atom stereocenters. The minimum Gasteiger partial charge on any atom is -0.461 e. The molecule has 0 N–H and O–H groups in total. The first-order chi connectivity index (χ1) is 18.6. The molecule has 0 radical (unpaired) electrons. The van der Waals surface area contributed by atoms with Crippen LogP contribution in [0.4, 0.5) is 0 Å². The molecule has 0 aliphatic carbocycles. The lowest BCUT2D eigenvalue weighted by molar-refractivity contribution is 0.0767. The van der Waals surface area contributed by atoms with Gasteiger partial charge in [-0.1, -0.05) is 109 Å². The van der Waals surface area contributed by atoms with Crippen molar-refractivity contribution in [1.82, 2.24) is 4.90 Å². The van der Waals surface area contributed by atoms with Crippen LogP contribution in [0.1, 0.15) is 32.0 Å². The number of furan rings is 1. The molecule has 0 atom stereocenters. The zero-order valence-electron chi connectivity index (χ0n) is 20.6. The number of rotatable bonds is 9. The zero-order chi connectivity index (χ0) is 26.4. The highest BCUT2D eigenvalue weighted by Gasteiger charge is 2.33. The van der Waals surface area contributed by atoms with Crippen molar-refractivity contribution in [3.63, 3.8) is 0 Å². The van der Waals surface area contributed by atoms with E-state index < -0.39 is 7.14 Å². The van der Waals surface area contributed by atoms with E-state index in [4.69, 9.17) is 4.42 Å². The van der Waals surface area contributed by atoms with Crippen molar-refractivity contribution < 1.29 is 18.6 Å². The molecule has 38 heavy (non-hydrogen) atoms. The number of ketones is 1. The van der Waals surface area contributed by atoms with Crippen molar-refractivity contribution in [1.29, 1.82) is 0 Å². The molecule has 1 heterocycles. The van der Waals surface area contributed by atoms with Gasteiger partial charge < -0.3 is 13.9 Å². The van der Waals surface area contributed by atoms with Gasteiger partial charge in [-0.15, -0.1) is 0 Å². The van der Waals surface area contributed by atoms with Gasteiger partial charge in [0, 0.05) is 22.7 Å². The summed E-state index contributed by atoms with van der Waals surface area (Å²) in [5.74, 6) is -0.608. The summed E-state index contributed by atoms with van der Waals surface area (Å²) in [7, 11) is -3.28. The van der Waals surface area contributed by atoms with E-state index in [1.54, 1.807) is 41.3 Å². The second kappa shape index (κ2) is 11.3. The zero-order valence-corrected chi connectivity index (χ0v) is 21.5. The van der Waals surface area contributed by atoms with E-state index >= 15 is 0 Å². The summed E-state index contributed by atoms with van der Waals surface area (Å²) >= 11 is 0. The van der Waals surface area contributed by atoms with Crippen LogP contribution in [0.5, 0.6) is 0 Å². The van der Waals surface area contributed by atoms with Gasteiger partial charge in [0.15, 0.2) is 12.9 Å². The largest absolute Gasteiger partial charge is 0.461 e. The average Bonchev–Trinajstić information content (AvgIpc) is 3.53.